The van der Waals surface area contributed by atoms with Gasteiger partial charge >= 0.3 is 0 Å². The summed E-state index contributed by atoms with van der Waals surface area (Å²) in [5.74, 6) is 0. The molecular weight excluding hydrogens is 92.1 g/mol. The molecule has 1 atom stereocenters. The highest BCUT2D eigenvalue weighted by molar-refractivity contribution is 4.49. The van der Waals surface area contributed by atoms with Gasteiger partial charge < -0.3 is 9.84 Å². The first kappa shape index (κ1) is 6.50. The normalized spacial score (nSPS) is 12.9. The molecule has 1 unspecified atom stereocenters. The van der Waals surface area contributed by atoms with E-state index in [0.29, 0.717) is 6.42 Å². The molecule has 0 aromatic rings. The molecule has 0 aliphatic heterocycles. The Bertz CT molecular complexity index is 52.0. The number of aliphatic hydroxyl groups excluding tert-OH is 1. The van der Waals surface area contributed by atoms with Crippen LogP contribution in [-0.4, -0.2) is 11.4 Å². The molecule has 0 saturated heterocycles. The Morgan fingerprint density at radius 3 is 2.71 bits per heavy atom. The molecule has 0 heterocycles. The fraction of sp³-hybridized carbons (Fsp3) is 0.600. The summed E-state index contributed by atoms with van der Waals surface area (Å²) < 4.78 is 4.51. The number of ether oxygens (including phenoxy) is 1. The van der Waals surface area contributed by atoms with E-state index in [-0.39, 0.29) is 0 Å². The molecule has 0 amide bonds. The fourth-order valence-electron chi connectivity index (χ4n) is 0.207. The maximum Gasteiger partial charge on any atom is 0.196 e. The van der Waals surface area contributed by atoms with Crippen LogP contribution in [0.3, 0.4) is 0 Å². The van der Waals surface area contributed by atoms with Gasteiger partial charge in [0, 0.05) is 6.42 Å². The van der Waals surface area contributed by atoms with E-state index < -0.39 is 6.29 Å². The predicted molar refractivity (Wildman–Crippen MR) is 27.6 cm³/mol. The summed E-state index contributed by atoms with van der Waals surface area (Å²) in [6.07, 6.45) is 1.16. The van der Waals surface area contributed by atoms with Gasteiger partial charge in [-0.1, -0.05) is 13.5 Å². The van der Waals surface area contributed by atoms with Crippen molar-refractivity contribution in [2.24, 2.45) is 0 Å². The molecule has 42 valence electrons. The zero-order valence-corrected chi connectivity index (χ0v) is 4.42. The number of hydrogen-bond donors (Lipinski definition) is 1. The van der Waals surface area contributed by atoms with Crippen molar-refractivity contribution in [1.29, 1.82) is 0 Å². The monoisotopic (exact) mass is 102 g/mol. The Morgan fingerprint density at radius 1 is 2.00 bits per heavy atom. The van der Waals surface area contributed by atoms with E-state index in [1.165, 1.54) is 6.26 Å². The first-order valence-corrected chi connectivity index (χ1v) is 2.25. The van der Waals surface area contributed by atoms with Crippen LogP contribution in [0.4, 0.5) is 0 Å². The van der Waals surface area contributed by atoms with Crippen LogP contribution in [0, 0.1) is 0 Å². The Hall–Kier alpha value is -0.500. The molecule has 0 aromatic carbocycles. The van der Waals surface area contributed by atoms with Crippen LogP contribution < -0.4 is 0 Å². The molecule has 0 aromatic heterocycles. The van der Waals surface area contributed by atoms with E-state index in [0.717, 1.165) is 0 Å². The Morgan fingerprint density at radius 2 is 2.57 bits per heavy atom. The SMILES string of the molecule is C=COC(O)CC. The van der Waals surface area contributed by atoms with Gasteiger partial charge in [0.2, 0.25) is 0 Å². The zero-order chi connectivity index (χ0) is 5.70. The topological polar surface area (TPSA) is 29.5 Å². The third-order valence-electron chi connectivity index (χ3n) is 0.603. The summed E-state index contributed by atoms with van der Waals surface area (Å²) in [6, 6.07) is 0. The number of hydrogen-bond acceptors (Lipinski definition) is 2. The maximum atomic E-state index is 8.56. The van der Waals surface area contributed by atoms with Crippen LogP contribution in [0.1, 0.15) is 13.3 Å². The quantitative estimate of drug-likeness (QED) is 0.423. The lowest BCUT2D eigenvalue weighted by atomic mass is 10.5. The largest absolute Gasteiger partial charge is 0.473 e. The molecule has 0 aliphatic rings. The Labute approximate surface area is 43.4 Å². The van der Waals surface area contributed by atoms with Gasteiger partial charge in [0.05, 0.1) is 6.26 Å². The third-order valence-corrected chi connectivity index (χ3v) is 0.603. The maximum absolute atomic E-state index is 8.56. The van der Waals surface area contributed by atoms with Gasteiger partial charge in [-0.25, -0.2) is 0 Å². The molecule has 0 saturated carbocycles. The zero-order valence-electron chi connectivity index (χ0n) is 4.42. The summed E-state index contributed by atoms with van der Waals surface area (Å²) >= 11 is 0. The first-order valence-electron chi connectivity index (χ1n) is 2.25. The second-order valence-electron chi connectivity index (χ2n) is 1.17. The van der Waals surface area contributed by atoms with Gasteiger partial charge in [0.25, 0.3) is 0 Å². The van der Waals surface area contributed by atoms with Gasteiger partial charge in [-0.3, -0.25) is 0 Å². The van der Waals surface area contributed by atoms with Gasteiger partial charge in [0.1, 0.15) is 0 Å². The van der Waals surface area contributed by atoms with Gasteiger partial charge in [-0.05, 0) is 0 Å². The van der Waals surface area contributed by atoms with Crippen molar-refractivity contribution in [3.05, 3.63) is 12.8 Å². The van der Waals surface area contributed by atoms with Crippen molar-refractivity contribution >= 4 is 0 Å². The van der Waals surface area contributed by atoms with Crippen molar-refractivity contribution in [3.8, 4) is 0 Å². The minimum atomic E-state index is -0.669. The van der Waals surface area contributed by atoms with Crippen LogP contribution >= 0.6 is 0 Å². The second-order valence-corrected chi connectivity index (χ2v) is 1.17. The lowest BCUT2D eigenvalue weighted by Crippen LogP contribution is -2.04. The van der Waals surface area contributed by atoms with E-state index >= 15 is 0 Å². The molecule has 0 rings (SSSR count). The Kier molecular flexibility index (Phi) is 3.42. The summed E-state index contributed by atoms with van der Waals surface area (Å²) in [4.78, 5) is 0. The average molecular weight is 102 g/mol. The number of aliphatic hydroxyl groups is 1. The van der Waals surface area contributed by atoms with Crippen molar-refractivity contribution in [2.75, 3.05) is 0 Å². The molecule has 2 heteroatoms. The lowest BCUT2D eigenvalue weighted by Gasteiger charge is -2.03. The van der Waals surface area contributed by atoms with Crippen LogP contribution in [-0.2, 0) is 4.74 Å². The third kappa shape index (κ3) is 3.33. The minimum Gasteiger partial charge on any atom is -0.473 e. The number of rotatable bonds is 3. The van der Waals surface area contributed by atoms with Crippen molar-refractivity contribution in [1.82, 2.24) is 0 Å². The molecule has 0 fully saturated rings. The minimum absolute atomic E-state index is 0.603. The second kappa shape index (κ2) is 3.68. The molecule has 2 nitrogen and oxygen atoms in total. The van der Waals surface area contributed by atoms with Crippen LogP contribution in [0.5, 0.6) is 0 Å². The summed E-state index contributed by atoms with van der Waals surface area (Å²) in [5.41, 5.74) is 0. The lowest BCUT2D eigenvalue weighted by molar-refractivity contribution is -0.0520. The summed E-state index contributed by atoms with van der Waals surface area (Å²) in [5, 5.41) is 8.56. The molecule has 0 radical (unpaired) electrons. The van der Waals surface area contributed by atoms with Gasteiger partial charge in [-0.15, -0.1) is 0 Å². The van der Waals surface area contributed by atoms with Gasteiger partial charge in [-0.2, -0.15) is 0 Å². The smallest absolute Gasteiger partial charge is 0.196 e. The highest BCUT2D eigenvalue weighted by Gasteiger charge is 1.92. The molecule has 1 N–H and O–H groups in total. The highest BCUT2D eigenvalue weighted by Crippen LogP contribution is 1.89. The standard InChI is InChI=1S/C5H10O2/c1-3-5(6)7-4-2/h4-6H,2-3H2,1H3. The van der Waals surface area contributed by atoms with E-state index in [4.69, 9.17) is 5.11 Å². The Balaban J connectivity index is 2.98. The molecule has 0 aliphatic carbocycles. The van der Waals surface area contributed by atoms with Crippen LogP contribution in [0.25, 0.3) is 0 Å². The van der Waals surface area contributed by atoms with Gasteiger partial charge in [0.15, 0.2) is 6.29 Å². The van der Waals surface area contributed by atoms with E-state index in [2.05, 4.69) is 11.3 Å². The highest BCUT2D eigenvalue weighted by atomic mass is 16.6. The van der Waals surface area contributed by atoms with Crippen LogP contribution in [0.2, 0.25) is 0 Å². The van der Waals surface area contributed by atoms with E-state index in [1.54, 1.807) is 0 Å². The van der Waals surface area contributed by atoms with E-state index in [9.17, 15) is 0 Å². The summed E-state index contributed by atoms with van der Waals surface area (Å²) in [7, 11) is 0. The molecular formula is C5H10O2. The first-order chi connectivity index (χ1) is 3.31. The van der Waals surface area contributed by atoms with Crippen LogP contribution in [0.15, 0.2) is 12.8 Å². The van der Waals surface area contributed by atoms with E-state index in [1.807, 2.05) is 6.92 Å². The van der Waals surface area contributed by atoms with Crippen molar-refractivity contribution in [3.63, 3.8) is 0 Å². The molecule has 0 spiro atoms. The fourth-order valence-corrected chi connectivity index (χ4v) is 0.207. The average Bonchev–Trinajstić information content (AvgIpc) is 1.68. The molecule has 0 bridgehead atoms. The van der Waals surface area contributed by atoms with Crippen molar-refractivity contribution < 1.29 is 9.84 Å². The summed E-state index contributed by atoms with van der Waals surface area (Å²) in [6.45, 7) is 5.09. The predicted octanol–water partition coefficient (Wildman–Crippen LogP) is 0.875. The van der Waals surface area contributed by atoms with Crippen molar-refractivity contribution in [2.45, 2.75) is 19.6 Å². The molecule has 7 heavy (non-hydrogen) atoms.